The molecule has 0 aromatic heterocycles. The standard InChI is InChI=1S/C24H41NO18/c1-7(29)25-13-8(14(32)10(31)4-26)2-24(23(38)39,3-9(13)30)43-20-15(33)11(5-27)41-22(18(20)36)42-19-12(6-28)40-21(37)17(35)16(19)34/h8-22,26-28,30-37H,2-6H2,1H3,(H,25,29)(H,38,39)/t8-,9+,10?,11-,12-,13-,14?,15+,16-,17-,18-,19-,20+,21?,22+,24+/m1/s1. The largest absolute Gasteiger partial charge is 0.479 e. The highest BCUT2D eigenvalue weighted by molar-refractivity contribution is 5.78. The zero-order valence-electron chi connectivity index (χ0n) is 23.0. The number of carboxylic acids is 1. The quantitative estimate of drug-likeness (QED) is 0.101. The zero-order chi connectivity index (χ0) is 32.4. The lowest BCUT2D eigenvalue weighted by molar-refractivity contribution is -0.363. The van der Waals surface area contributed by atoms with Crippen LogP contribution in [0.2, 0.25) is 0 Å². The Morgan fingerprint density at radius 1 is 0.884 bits per heavy atom. The van der Waals surface area contributed by atoms with Crippen molar-refractivity contribution in [2.75, 3.05) is 19.8 Å². The highest BCUT2D eigenvalue weighted by Gasteiger charge is 2.58. The summed E-state index contributed by atoms with van der Waals surface area (Å²) in [6.07, 6.45) is -25.4. The van der Waals surface area contributed by atoms with Crippen LogP contribution in [0.5, 0.6) is 0 Å². The van der Waals surface area contributed by atoms with Crippen molar-refractivity contribution >= 4 is 11.9 Å². The van der Waals surface area contributed by atoms with E-state index >= 15 is 0 Å². The molecule has 3 aliphatic rings. The van der Waals surface area contributed by atoms with Crippen LogP contribution in [0.3, 0.4) is 0 Å². The third-order valence-corrected chi connectivity index (χ3v) is 8.07. The molecule has 1 amide bonds. The van der Waals surface area contributed by atoms with Crippen LogP contribution in [-0.2, 0) is 28.5 Å². The van der Waals surface area contributed by atoms with Crippen molar-refractivity contribution in [2.24, 2.45) is 5.92 Å². The van der Waals surface area contributed by atoms with E-state index in [-0.39, 0.29) is 0 Å². The Bertz CT molecular complexity index is 942. The molecule has 1 aliphatic carbocycles. The van der Waals surface area contributed by atoms with E-state index in [1.165, 1.54) is 0 Å². The highest BCUT2D eigenvalue weighted by atomic mass is 16.7. The molecule has 250 valence electrons. The number of aliphatic hydroxyl groups is 11. The highest BCUT2D eigenvalue weighted by Crippen LogP contribution is 2.41. The van der Waals surface area contributed by atoms with Crippen molar-refractivity contribution in [1.82, 2.24) is 5.32 Å². The maximum atomic E-state index is 12.7. The number of aliphatic carboxylic acids is 1. The lowest BCUT2D eigenvalue weighted by Gasteiger charge is -2.51. The van der Waals surface area contributed by atoms with Crippen molar-refractivity contribution in [1.29, 1.82) is 0 Å². The van der Waals surface area contributed by atoms with E-state index in [1.807, 2.05) is 0 Å². The molecule has 43 heavy (non-hydrogen) atoms. The summed E-state index contributed by atoms with van der Waals surface area (Å²) >= 11 is 0. The number of rotatable bonds is 11. The molecule has 0 bridgehead atoms. The summed E-state index contributed by atoms with van der Waals surface area (Å²) < 4.78 is 21.7. The number of hydrogen-bond donors (Lipinski definition) is 13. The molecule has 19 heteroatoms. The second-order valence-electron chi connectivity index (χ2n) is 11.0. The number of ether oxygens (including phenoxy) is 4. The fourth-order valence-corrected chi connectivity index (χ4v) is 5.78. The van der Waals surface area contributed by atoms with Gasteiger partial charge in [0, 0.05) is 19.3 Å². The van der Waals surface area contributed by atoms with E-state index in [2.05, 4.69) is 5.32 Å². The molecule has 19 nitrogen and oxygen atoms in total. The molecule has 0 spiro atoms. The van der Waals surface area contributed by atoms with Crippen LogP contribution >= 0.6 is 0 Å². The van der Waals surface area contributed by atoms with Gasteiger partial charge in [-0.15, -0.1) is 0 Å². The van der Waals surface area contributed by atoms with Gasteiger partial charge in [-0.2, -0.15) is 0 Å². The first-order valence-corrected chi connectivity index (χ1v) is 13.5. The normalized spacial score (nSPS) is 45.3. The van der Waals surface area contributed by atoms with Crippen molar-refractivity contribution in [3.63, 3.8) is 0 Å². The summed E-state index contributed by atoms with van der Waals surface area (Å²) in [5.41, 5.74) is -2.52. The van der Waals surface area contributed by atoms with E-state index in [4.69, 9.17) is 18.9 Å². The van der Waals surface area contributed by atoms with E-state index in [9.17, 15) is 70.9 Å². The Morgan fingerprint density at radius 2 is 1.51 bits per heavy atom. The van der Waals surface area contributed by atoms with Crippen LogP contribution in [0.1, 0.15) is 19.8 Å². The minimum Gasteiger partial charge on any atom is -0.479 e. The number of nitrogens with one attached hydrogen (secondary N) is 1. The van der Waals surface area contributed by atoms with Gasteiger partial charge in [-0.25, -0.2) is 4.79 Å². The average Bonchev–Trinajstić information content (AvgIpc) is 2.96. The van der Waals surface area contributed by atoms with Crippen LogP contribution in [0, 0.1) is 5.92 Å². The number of carboxylic acid groups (broad SMARTS) is 1. The summed E-state index contributed by atoms with van der Waals surface area (Å²) in [5.74, 6) is -3.87. The second-order valence-corrected chi connectivity index (χ2v) is 11.0. The van der Waals surface area contributed by atoms with Gasteiger partial charge in [0.25, 0.3) is 0 Å². The van der Waals surface area contributed by atoms with E-state index in [0.717, 1.165) is 6.92 Å². The van der Waals surface area contributed by atoms with Crippen molar-refractivity contribution in [3.8, 4) is 0 Å². The Labute approximate surface area is 244 Å². The number of carbonyl (C=O) groups excluding carboxylic acids is 1. The molecule has 0 aromatic rings. The molecule has 2 saturated heterocycles. The predicted octanol–water partition coefficient (Wildman–Crippen LogP) is -7.56. The van der Waals surface area contributed by atoms with Crippen molar-refractivity contribution in [3.05, 3.63) is 0 Å². The Morgan fingerprint density at radius 3 is 2.05 bits per heavy atom. The molecule has 13 N–H and O–H groups in total. The summed E-state index contributed by atoms with van der Waals surface area (Å²) in [6.45, 7) is -1.65. The maximum Gasteiger partial charge on any atom is 0.336 e. The van der Waals surface area contributed by atoms with Gasteiger partial charge in [0.05, 0.1) is 38.1 Å². The van der Waals surface area contributed by atoms with Gasteiger partial charge >= 0.3 is 5.97 Å². The van der Waals surface area contributed by atoms with Crippen LogP contribution in [0.25, 0.3) is 0 Å². The monoisotopic (exact) mass is 631 g/mol. The van der Waals surface area contributed by atoms with Crippen LogP contribution < -0.4 is 5.32 Å². The van der Waals surface area contributed by atoms with Crippen molar-refractivity contribution in [2.45, 2.75) is 111 Å². The number of aliphatic hydroxyl groups excluding tert-OH is 11. The fraction of sp³-hybridized carbons (Fsp3) is 0.917. The van der Waals surface area contributed by atoms with E-state index < -0.39 is 142 Å². The molecule has 3 rings (SSSR count). The molecule has 3 fully saturated rings. The predicted molar refractivity (Wildman–Crippen MR) is 133 cm³/mol. The average molecular weight is 632 g/mol. The molecular weight excluding hydrogens is 590 g/mol. The van der Waals surface area contributed by atoms with Gasteiger partial charge in [0.15, 0.2) is 18.2 Å². The van der Waals surface area contributed by atoms with Crippen molar-refractivity contribution < 1.29 is 89.8 Å². The summed E-state index contributed by atoms with van der Waals surface area (Å²) in [7, 11) is 0. The van der Waals surface area contributed by atoms with E-state index in [0.29, 0.717) is 0 Å². The van der Waals surface area contributed by atoms with Crippen LogP contribution in [-0.4, -0.2) is 184 Å². The molecule has 0 aromatic carbocycles. The second kappa shape index (κ2) is 14.6. The third kappa shape index (κ3) is 7.43. The minimum absolute atomic E-state index is 0.669. The van der Waals surface area contributed by atoms with Gasteiger partial charge in [-0.05, 0) is 6.42 Å². The number of carbonyl (C=O) groups is 2. The fourth-order valence-electron chi connectivity index (χ4n) is 5.78. The number of hydrogen-bond acceptors (Lipinski definition) is 17. The maximum absolute atomic E-state index is 12.7. The summed E-state index contributed by atoms with van der Waals surface area (Å²) in [5, 5.41) is 125. The molecule has 16 atom stereocenters. The Hall–Kier alpha value is -1.66. The lowest BCUT2D eigenvalue weighted by Crippen LogP contribution is -2.68. The lowest BCUT2D eigenvalue weighted by atomic mass is 9.70. The Balaban J connectivity index is 1.94. The third-order valence-electron chi connectivity index (χ3n) is 8.07. The van der Waals surface area contributed by atoms with Gasteiger partial charge in [-0.3, -0.25) is 4.79 Å². The first kappa shape index (κ1) is 35.8. The molecule has 3 unspecified atom stereocenters. The van der Waals surface area contributed by atoms with E-state index in [1.54, 1.807) is 0 Å². The summed E-state index contributed by atoms with van der Waals surface area (Å²) in [4.78, 5) is 24.5. The first-order chi connectivity index (χ1) is 20.1. The van der Waals surface area contributed by atoms with Gasteiger partial charge in [0.1, 0.15) is 54.9 Å². The van der Waals surface area contributed by atoms with Gasteiger partial charge in [-0.1, -0.05) is 0 Å². The first-order valence-electron chi connectivity index (χ1n) is 13.5. The molecule has 2 heterocycles. The van der Waals surface area contributed by atoms with Crippen LogP contribution in [0.4, 0.5) is 0 Å². The number of amides is 1. The zero-order valence-corrected chi connectivity index (χ0v) is 23.0. The smallest absolute Gasteiger partial charge is 0.336 e. The Kier molecular flexibility index (Phi) is 12.2. The molecule has 2 aliphatic heterocycles. The molecular formula is C24H41NO18. The minimum atomic E-state index is -2.52. The van der Waals surface area contributed by atoms with Gasteiger partial charge in [0.2, 0.25) is 5.91 Å². The summed E-state index contributed by atoms with van der Waals surface area (Å²) in [6, 6.07) is -1.32. The van der Waals surface area contributed by atoms with Crippen LogP contribution in [0.15, 0.2) is 0 Å². The SMILES string of the molecule is CC(=O)N[C@H]1[C@@H](O)C[C@](O[C@H]2[C@@H](O)[C@@H](CO)O[C@@H](O[C@H]3[C@H](O)[C@@H](O)C(O)O[C@@H]3CO)[C@@H]2O)(C(=O)O)C[C@H]1C(O)C(O)CO. The molecule has 1 saturated carbocycles. The van der Waals surface area contributed by atoms with Gasteiger partial charge < -0.3 is 85.5 Å². The topological polar surface area (TPSA) is 326 Å². The molecule has 0 radical (unpaired) electrons.